The SMILES string of the molecule is Cc1nccc2nc(NCc3ccccc3Cl)ncc12. The Bertz CT molecular complexity index is 758. The molecule has 0 aliphatic carbocycles. The Morgan fingerprint density at radius 2 is 2.00 bits per heavy atom. The Morgan fingerprint density at radius 1 is 1.15 bits per heavy atom. The fraction of sp³-hybridized carbons (Fsp3) is 0.133. The van der Waals surface area contributed by atoms with Gasteiger partial charge in [0.15, 0.2) is 0 Å². The zero-order valence-corrected chi connectivity index (χ0v) is 11.7. The summed E-state index contributed by atoms with van der Waals surface area (Å²) in [7, 11) is 0. The highest BCUT2D eigenvalue weighted by molar-refractivity contribution is 6.31. The third-order valence-electron chi connectivity index (χ3n) is 3.10. The minimum atomic E-state index is 0.586. The molecule has 0 unspecified atom stereocenters. The van der Waals surface area contributed by atoms with Crippen molar-refractivity contribution in [1.82, 2.24) is 15.0 Å². The zero-order chi connectivity index (χ0) is 13.9. The van der Waals surface area contributed by atoms with Crippen molar-refractivity contribution >= 4 is 28.5 Å². The lowest BCUT2D eigenvalue weighted by atomic mass is 10.2. The molecule has 0 spiro atoms. The predicted molar refractivity (Wildman–Crippen MR) is 80.8 cm³/mol. The lowest BCUT2D eigenvalue weighted by Gasteiger charge is -2.07. The van der Waals surface area contributed by atoms with Gasteiger partial charge in [-0.1, -0.05) is 29.8 Å². The van der Waals surface area contributed by atoms with E-state index in [1.54, 1.807) is 12.4 Å². The second-order valence-corrected chi connectivity index (χ2v) is 4.87. The first-order valence-electron chi connectivity index (χ1n) is 6.29. The number of hydrogen-bond acceptors (Lipinski definition) is 4. The Morgan fingerprint density at radius 3 is 2.85 bits per heavy atom. The van der Waals surface area contributed by atoms with Gasteiger partial charge >= 0.3 is 0 Å². The zero-order valence-electron chi connectivity index (χ0n) is 11.0. The highest BCUT2D eigenvalue weighted by Gasteiger charge is 2.04. The number of fused-ring (bicyclic) bond motifs is 1. The molecule has 4 nitrogen and oxygen atoms in total. The van der Waals surface area contributed by atoms with Crippen molar-refractivity contribution in [3.8, 4) is 0 Å². The van der Waals surface area contributed by atoms with Crippen molar-refractivity contribution < 1.29 is 0 Å². The van der Waals surface area contributed by atoms with E-state index in [9.17, 15) is 0 Å². The van der Waals surface area contributed by atoms with Crippen molar-refractivity contribution in [2.75, 3.05) is 5.32 Å². The van der Waals surface area contributed by atoms with Crippen LogP contribution in [0.5, 0.6) is 0 Å². The van der Waals surface area contributed by atoms with Crippen molar-refractivity contribution in [2.24, 2.45) is 0 Å². The summed E-state index contributed by atoms with van der Waals surface area (Å²) in [5.41, 5.74) is 2.83. The molecule has 3 aromatic rings. The van der Waals surface area contributed by atoms with Gasteiger partial charge in [0.25, 0.3) is 0 Å². The van der Waals surface area contributed by atoms with Crippen LogP contribution in [0.2, 0.25) is 5.02 Å². The molecule has 0 amide bonds. The molecule has 3 rings (SSSR count). The van der Waals surface area contributed by atoms with Crippen LogP contribution >= 0.6 is 11.6 Å². The average Bonchev–Trinajstić information content (AvgIpc) is 2.46. The standard InChI is InChI=1S/C15H13ClN4/c1-10-12-9-19-15(20-14(12)6-7-17-10)18-8-11-4-2-3-5-13(11)16/h2-7,9H,8H2,1H3,(H,18,19,20). The van der Waals surface area contributed by atoms with Crippen LogP contribution < -0.4 is 5.32 Å². The summed E-state index contributed by atoms with van der Waals surface area (Å²) in [6.45, 7) is 2.54. The number of aryl methyl sites for hydroxylation is 1. The van der Waals surface area contributed by atoms with E-state index in [4.69, 9.17) is 11.6 Å². The van der Waals surface area contributed by atoms with Gasteiger partial charge in [0.05, 0.1) is 5.52 Å². The second kappa shape index (κ2) is 5.43. The summed E-state index contributed by atoms with van der Waals surface area (Å²) >= 11 is 6.12. The molecule has 1 N–H and O–H groups in total. The highest BCUT2D eigenvalue weighted by atomic mass is 35.5. The van der Waals surface area contributed by atoms with Gasteiger partial charge < -0.3 is 5.32 Å². The smallest absolute Gasteiger partial charge is 0.223 e. The number of benzene rings is 1. The van der Waals surface area contributed by atoms with Crippen molar-refractivity contribution in [3.63, 3.8) is 0 Å². The van der Waals surface area contributed by atoms with Gasteiger partial charge in [-0.15, -0.1) is 0 Å². The minimum absolute atomic E-state index is 0.586. The molecule has 1 aromatic carbocycles. The number of hydrogen-bond donors (Lipinski definition) is 1. The predicted octanol–water partition coefficient (Wildman–Crippen LogP) is 3.60. The quantitative estimate of drug-likeness (QED) is 0.798. The largest absolute Gasteiger partial charge is 0.350 e. The summed E-state index contributed by atoms with van der Waals surface area (Å²) in [5.74, 6) is 0.586. The summed E-state index contributed by atoms with van der Waals surface area (Å²) in [4.78, 5) is 13.0. The van der Waals surface area contributed by atoms with E-state index in [1.807, 2.05) is 37.3 Å². The maximum absolute atomic E-state index is 6.12. The van der Waals surface area contributed by atoms with E-state index < -0.39 is 0 Å². The van der Waals surface area contributed by atoms with Crippen LogP contribution in [0.25, 0.3) is 10.9 Å². The fourth-order valence-electron chi connectivity index (χ4n) is 1.99. The maximum Gasteiger partial charge on any atom is 0.223 e. The first-order valence-corrected chi connectivity index (χ1v) is 6.67. The van der Waals surface area contributed by atoms with E-state index in [0.29, 0.717) is 12.5 Å². The maximum atomic E-state index is 6.12. The Balaban J connectivity index is 1.83. The van der Waals surface area contributed by atoms with Gasteiger partial charge in [0.2, 0.25) is 5.95 Å². The molecule has 0 saturated carbocycles. The fourth-order valence-corrected chi connectivity index (χ4v) is 2.19. The normalized spacial score (nSPS) is 10.7. The van der Waals surface area contributed by atoms with Gasteiger partial charge in [0.1, 0.15) is 0 Å². The van der Waals surface area contributed by atoms with E-state index >= 15 is 0 Å². The van der Waals surface area contributed by atoms with Gasteiger partial charge in [-0.05, 0) is 24.6 Å². The molecular formula is C15H13ClN4. The Hall–Kier alpha value is -2.20. The van der Waals surface area contributed by atoms with Crippen LogP contribution in [0.1, 0.15) is 11.3 Å². The molecule has 0 saturated heterocycles. The molecule has 20 heavy (non-hydrogen) atoms. The van der Waals surface area contributed by atoms with Gasteiger partial charge in [-0.3, -0.25) is 4.98 Å². The van der Waals surface area contributed by atoms with E-state index in [1.165, 1.54) is 0 Å². The number of nitrogens with zero attached hydrogens (tertiary/aromatic N) is 3. The number of aromatic nitrogens is 3. The molecule has 2 heterocycles. The number of halogens is 1. The second-order valence-electron chi connectivity index (χ2n) is 4.47. The molecule has 2 aromatic heterocycles. The minimum Gasteiger partial charge on any atom is -0.350 e. The summed E-state index contributed by atoms with van der Waals surface area (Å²) in [5, 5.41) is 4.89. The monoisotopic (exact) mass is 284 g/mol. The van der Waals surface area contributed by atoms with Gasteiger partial charge in [-0.2, -0.15) is 0 Å². The third kappa shape index (κ3) is 2.56. The van der Waals surface area contributed by atoms with Crippen LogP contribution in [0.3, 0.4) is 0 Å². The molecule has 100 valence electrons. The number of anilines is 1. The molecular weight excluding hydrogens is 272 g/mol. The van der Waals surface area contributed by atoms with E-state index in [2.05, 4.69) is 20.3 Å². The summed E-state index contributed by atoms with van der Waals surface area (Å²) in [6, 6.07) is 9.59. The topological polar surface area (TPSA) is 50.7 Å². The molecule has 0 bridgehead atoms. The highest BCUT2D eigenvalue weighted by Crippen LogP contribution is 2.17. The molecule has 0 radical (unpaired) electrons. The summed E-state index contributed by atoms with van der Waals surface area (Å²) < 4.78 is 0. The van der Waals surface area contributed by atoms with Crippen LogP contribution in [0.15, 0.2) is 42.7 Å². The van der Waals surface area contributed by atoms with Crippen LogP contribution in [0.4, 0.5) is 5.95 Å². The Labute approximate surface area is 121 Å². The first-order chi connectivity index (χ1) is 9.74. The van der Waals surface area contributed by atoms with Crippen molar-refractivity contribution in [2.45, 2.75) is 13.5 Å². The first kappa shape index (κ1) is 12.8. The van der Waals surface area contributed by atoms with Crippen molar-refractivity contribution in [1.29, 1.82) is 0 Å². The van der Waals surface area contributed by atoms with Crippen LogP contribution in [0, 0.1) is 6.92 Å². The lowest BCUT2D eigenvalue weighted by Crippen LogP contribution is -2.04. The Kier molecular flexibility index (Phi) is 3.48. The molecule has 0 fully saturated rings. The lowest BCUT2D eigenvalue weighted by molar-refractivity contribution is 1.07. The van der Waals surface area contributed by atoms with E-state index in [-0.39, 0.29) is 0 Å². The van der Waals surface area contributed by atoms with E-state index in [0.717, 1.165) is 27.2 Å². The third-order valence-corrected chi connectivity index (χ3v) is 3.47. The molecule has 5 heteroatoms. The number of nitrogens with one attached hydrogen (secondary N) is 1. The number of rotatable bonds is 3. The van der Waals surface area contributed by atoms with Crippen LogP contribution in [-0.4, -0.2) is 15.0 Å². The summed E-state index contributed by atoms with van der Waals surface area (Å²) in [6.07, 6.45) is 3.54. The molecule has 0 atom stereocenters. The van der Waals surface area contributed by atoms with Crippen LogP contribution in [-0.2, 0) is 6.54 Å². The van der Waals surface area contributed by atoms with Gasteiger partial charge in [0, 0.05) is 35.0 Å². The van der Waals surface area contributed by atoms with Crippen molar-refractivity contribution in [3.05, 3.63) is 59.0 Å². The average molecular weight is 285 g/mol. The molecule has 0 aliphatic heterocycles. The van der Waals surface area contributed by atoms with Gasteiger partial charge in [-0.25, -0.2) is 9.97 Å². The number of pyridine rings is 1. The molecule has 0 aliphatic rings.